The smallest absolute Gasteiger partial charge is 0.298 e. The second-order valence-corrected chi connectivity index (χ2v) is 4.07. The van der Waals surface area contributed by atoms with Gasteiger partial charge in [-0.3, -0.25) is 10.1 Å². The molecule has 0 aliphatic heterocycles. The summed E-state index contributed by atoms with van der Waals surface area (Å²) < 4.78 is 10.3. The van der Waals surface area contributed by atoms with Crippen LogP contribution in [0.1, 0.15) is 0 Å². The number of nitrogens with one attached hydrogen (secondary N) is 2. The zero-order valence-corrected chi connectivity index (χ0v) is 11.1. The van der Waals surface area contributed by atoms with E-state index >= 15 is 0 Å². The predicted molar refractivity (Wildman–Crippen MR) is 73.9 cm³/mol. The summed E-state index contributed by atoms with van der Waals surface area (Å²) in [4.78, 5) is 14.5. The number of aromatic nitrogens is 1. The lowest BCUT2D eigenvalue weighted by molar-refractivity contribution is -0.383. The molecule has 0 aliphatic carbocycles. The van der Waals surface area contributed by atoms with Crippen LogP contribution in [0.4, 0.5) is 11.7 Å². The van der Waals surface area contributed by atoms with E-state index in [9.17, 15) is 10.1 Å². The van der Waals surface area contributed by atoms with Gasteiger partial charge in [0.15, 0.2) is 11.1 Å². The van der Waals surface area contributed by atoms with Gasteiger partial charge in [-0.15, -0.1) is 0 Å². The number of oxazole rings is 1. The molecule has 0 aliphatic rings. The van der Waals surface area contributed by atoms with Gasteiger partial charge in [0, 0.05) is 32.8 Å². The van der Waals surface area contributed by atoms with E-state index in [1.54, 1.807) is 19.2 Å². The fraction of sp³-hybridized carbons (Fsp3) is 0.417. The second-order valence-electron chi connectivity index (χ2n) is 4.07. The molecule has 1 heterocycles. The number of ether oxygens (including phenoxy) is 1. The molecule has 2 N–H and O–H groups in total. The summed E-state index contributed by atoms with van der Waals surface area (Å²) in [7, 11) is 1.64. The maximum Gasteiger partial charge on any atom is 0.298 e. The monoisotopic (exact) mass is 280 g/mol. The fourth-order valence-corrected chi connectivity index (χ4v) is 1.71. The lowest BCUT2D eigenvalue weighted by atomic mass is 10.3. The Hall–Kier alpha value is -2.19. The highest BCUT2D eigenvalue weighted by molar-refractivity contribution is 5.83. The molecule has 2 rings (SSSR count). The highest BCUT2D eigenvalue weighted by Gasteiger charge is 2.16. The quantitative estimate of drug-likeness (QED) is 0.428. The molecule has 108 valence electrons. The number of fused-ring (bicyclic) bond motifs is 1. The Bertz CT molecular complexity index is 584. The van der Waals surface area contributed by atoms with E-state index in [4.69, 9.17) is 9.15 Å². The van der Waals surface area contributed by atoms with Crippen molar-refractivity contribution < 1.29 is 14.1 Å². The van der Waals surface area contributed by atoms with Crippen LogP contribution in [0.2, 0.25) is 0 Å². The third-order valence-electron chi connectivity index (χ3n) is 2.66. The van der Waals surface area contributed by atoms with Gasteiger partial charge in [-0.25, -0.2) is 0 Å². The van der Waals surface area contributed by atoms with Crippen LogP contribution < -0.4 is 10.6 Å². The molecule has 1 aromatic carbocycles. The first-order valence-corrected chi connectivity index (χ1v) is 6.20. The maximum atomic E-state index is 10.9. The van der Waals surface area contributed by atoms with Crippen molar-refractivity contribution in [2.45, 2.75) is 0 Å². The molecular formula is C12H16N4O4. The highest BCUT2D eigenvalue weighted by Crippen LogP contribution is 2.26. The minimum absolute atomic E-state index is 0.0579. The number of hydrogen-bond acceptors (Lipinski definition) is 7. The van der Waals surface area contributed by atoms with Gasteiger partial charge < -0.3 is 19.8 Å². The minimum Gasteiger partial charge on any atom is -0.423 e. The van der Waals surface area contributed by atoms with Gasteiger partial charge in [0.25, 0.3) is 11.7 Å². The molecule has 0 saturated carbocycles. The Morgan fingerprint density at radius 3 is 3.00 bits per heavy atom. The van der Waals surface area contributed by atoms with E-state index in [1.165, 1.54) is 6.07 Å². The van der Waals surface area contributed by atoms with Gasteiger partial charge in [0.1, 0.15) is 0 Å². The summed E-state index contributed by atoms with van der Waals surface area (Å²) in [6.45, 7) is 2.72. The van der Waals surface area contributed by atoms with Crippen molar-refractivity contribution in [2.24, 2.45) is 0 Å². The van der Waals surface area contributed by atoms with Crippen LogP contribution in [-0.4, -0.2) is 43.3 Å². The van der Waals surface area contributed by atoms with Gasteiger partial charge in [-0.2, -0.15) is 4.98 Å². The van der Waals surface area contributed by atoms with Crippen LogP contribution in [0.5, 0.6) is 0 Å². The van der Waals surface area contributed by atoms with Crippen molar-refractivity contribution in [3.05, 3.63) is 28.3 Å². The summed E-state index contributed by atoms with van der Waals surface area (Å²) in [6.07, 6.45) is 0. The Morgan fingerprint density at radius 1 is 1.40 bits per heavy atom. The van der Waals surface area contributed by atoms with Crippen LogP contribution >= 0.6 is 0 Å². The molecule has 0 atom stereocenters. The maximum absolute atomic E-state index is 10.9. The topological polar surface area (TPSA) is 102 Å². The molecule has 0 fully saturated rings. The molecule has 0 saturated heterocycles. The molecule has 1 aromatic heterocycles. The Kier molecular flexibility index (Phi) is 4.85. The normalized spacial score (nSPS) is 10.8. The van der Waals surface area contributed by atoms with Crippen molar-refractivity contribution in [2.75, 3.05) is 38.7 Å². The van der Waals surface area contributed by atoms with Gasteiger partial charge in [0.2, 0.25) is 0 Å². The van der Waals surface area contributed by atoms with Crippen LogP contribution in [0.15, 0.2) is 22.6 Å². The third-order valence-corrected chi connectivity index (χ3v) is 2.66. The standard InChI is InChI=1S/C12H16N4O4/c1-19-8-7-13-5-6-14-12-15-11-9(16(17)18)3-2-4-10(11)20-12/h2-4,13H,5-8H2,1H3,(H,14,15). The lowest BCUT2D eigenvalue weighted by Crippen LogP contribution is -2.25. The second kappa shape index (κ2) is 6.83. The average molecular weight is 280 g/mol. The van der Waals surface area contributed by atoms with E-state index in [2.05, 4.69) is 15.6 Å². The molecule has 8 nitrogen and oxygen atoms in total. The molecular weight excluding hydrogens is 264 g/mol. The number of methoxy groups -OCH3 is 1. The van der Waals surface area contributed by atoms with Crippen molar-refractivity contribution in [1.82, 2.24) is 10.3 Å². The van der Waals surface area contributed by atoms with Gasteiger partial charge in [-0.1, -0.05) is 6.07 Å². The number of non-ortho nitro benzene ring substituents is 1. The van der Waals surface area contributed by atoms with Crippen molar-refractivity contribution in [3.8, 4) is 0 Å². The number of nitro benzene ring substituents is 1. The van der Waals surface area contributed by atoms with E-state index < -0.39 is 4.92 Å². The van der Waals surface area contributed by atoms with Gasteiger partial charge in [-0.05, 0) is 6.07 Å². The number of anilines is 1. The number of rotatable bonds is 8. The molecule has 0 bridgehead atoms. The highest BCUT2D eigenvalue weighted by atomic mass is 16.6. The first-order chi connectivity index (χ1) is 9.72. The Balaban J connectivity index is 1.95. The third kappa shape index (κ3) is 3.43. The predicted octanol–water partition coefficient (Wildman–Crippen LogP) is 1.38. The first-order valence-electron chi connectivity index (χ1n) is 6.20. The van der Waals surface area contributed by atoms with Crippen molar-refractivity contribution in [3.63, 3.8) is 0 Å². The summed E-state index contributed by atoms with van der Waals surface area (Å²) in [5.74, 6) is 0. The molecule has 0 unspecified atom stereocenters. The molecule has 0 spiro atoms. The molecule has 2 aromatic rings. The number of nitro groups is 1. The molecule has 8 heteroatoms. The number of benzene rings is 1. The number of para-hydroxylation sites is 1. The molecule has 0 radical (unpaired) electrons. The van der Waals surface area contributed by atoms with E-state index in [0.29, 0.717) is 25.3 Å². The van der Waals surface area contributed by atoms with Gasteiger partial charge >= 0.3 is 0 Å². The zero-order valence-electron chi connectivity index (χ0n) is 11.1. The van der Waals surface area contributed by atoms with Crippen molar-refractivity contribution >= 4 is 22.8 Å². The van der Waals surface area contributed by atoms with Crippen LogP contribution in [0.25, 0.3) is 11.1 Å². The fourth-order valence-electron chi connectivity index (χ4n) is 1.71. The molecule has 0 amide bonds. The van der Waals surface area contributed by atoms with E-state index in [-0.39, 0.29) is 17.2 Å². The van der Waals surface area contributed by atoms with Crippen LogP contribution in [0, 0.1) is 10.1 Å². The Morgan fingerprint density at radius 2 is 2.25 bits per heavy atom. The first kappa shape index (κ1) is 14.2. The van der Waals surface area contributed by atoms with E-state index in [1.807, 2.05) is 0 Å². The summed E-state index contributed by atoms with van der Waals surface area (Å²) in [5, 5.41) is 17.0. The number of hydrogen-bond donors (Lipinski definition) is 2. The van der Waals surface area contributed by atoms with Gasteiger partial charge in [0.05, 0.1) is 11.5 Å². The summed E-state index contributed by atoms with van der Waals surface area (Å²) in [6, 6.07) is 4.91. The minimum atomic E-state index is -0.471. The SMILES string of the molecule is COCCNCCNc1nc2c([N+](=O)[O-])cccc2o1. The molecule has 20 heavy (non-hydrogen) atoms. The van der Waals surface area contributed by atoms with Crippen LogP contribution in [0.3, 0.4) is 0 Å². The number of nitrogens with zero attached hydrogens (tertiary/aromatic N) is 2. The van der Waals surface area contributed by atoms with Crippen molar-refractivity contribution in [1.29, 1.82) is 0 Å². The zero-order chi connectivity index (χ0) is 14.4. The van der Waals surface area contributed by atoms with Crippen LogP contribution in [-0.2, 0) is 4.74 Å². The van der Waals surface area contributed by atoms with E-state index in [0.717, 1.165) is 6.54 Å². The summed E-state index contributed by atoms with van der Waals surface area (Å²) in [5.41, 5.74) is 0.596. The Labute approximate surface area is 115 Å². The average Bonchev–Trinajstić information content (AvgIpc) is 2.84. The summed E-state index contributed by atoms with van der Waals surface area (Å²) >= 11 is 0. The lowest BCUT2D eigenvalue weighted by Gasteiger charge is -2.03. The largest absolute Gasteiger partial charge is 0.423 e.